The highest BCUT2D eigenvalue weighted by Crippen LogP contribution is 2.31. The number of hydrogen-bond acceptors (Lipinski definition) is 3. The Morgan fingerprint density at radius 1 is 0.912 bits per heavy atom. The van der Waals surface area contributed by atoms with E-state index < -0.39 is 0 Å². The van der Waals surface area contributed by atoms with Crippen LogP contribution < -0.4 is 5.32 Å². The lowest BCUT2D eigenvalue weighted by atomic mass is 10.1. The van der Waals surface area contributed by atoms with Crippen molar-refractivity contribution in [2.75, 3.05) is 26.2 Å². The largest absolute Gasteiger partial charge is 0.339 e. The highest BCUT2D eigenvalue weighted by Gasteiger charge is 2.14. The van der Waals surface area contributed by atoms with Gasteiger partial charge in [-0.3, -0.25) is 4.98 Å². The van der Waals surface area contributed by atoms with Crippen molar-refractivity contribution in [3.8, 4) is 0 Å². The Balaban J connectivity index is 0.00000324. The molecule has 2 aromatic heterocycles. The lowest BCUT2D eigenvalue weighted by molar-refractivity contribution is 0.298. The van der Waals surface area contributed by atoms with Gasteiger partial charge in [0.05, 0.1) is 16.9 Å². The molecule has 0 unspecified atom stereocenters. The van der Waals surface area contributed by atoms with Gasteiger partial charge in [0.1, 0.15) is 0 Å². The first kappa shape index (κ1) is 26.2. The standard InChI is InChI=1S/C29H38N4.ClH/c1-4-32(5-2)19-12-18-30-22-25-21-27-26-16-9-10-17-28(26)33(29(27)23(3)31-25)20-11-15-24-13-7-6-8-14-24;/h6-10,13-14,16-17,21,30H,4-5,11-12,15,18-20,22H2,1-3H3;1H. The SMILES string of the molecule is CCN(CC)CCCNCc1cc2c3ccccc3n(CCCc3ccccc3)c2c(C)n1.Cl. The van der Waals surface area contributed by atoms with Crippen LogP contribution in [0.15, 0.2) is 60.7 Å². The first-order valence-electron chi connectivity index (χ1n) is 12.6. The number of aryl methyl sites for hydroxylation is 3. The normalized spacial score (nSPS) is 11.4. The molecule has 2 heterocycles. The van der Waals surface area contributed by atoms with Crippen molar-refractivity contribution >= 4 is 34.2 Å². The number of nitrogens with zero attached hydrogens (tertiary/aromatic N) is 3. The number of halogens is 1. The van der Waals surface area contributed by atoms with E-state index in [9.17, 15) is 0 Å². The Hall–Kier alpha value is -2.40. The summed E-state index contributed by atoms with van der Waals surface area (Å²) in [6, 6.07) is 21.9. The number of hydrogen-bond donors (Lipinski definition) is 1. The predicted molar refractivity (Wildman–Crippen MR) is 148 cm³/mol. The summed E-state index contributed by atoms with van der Waals surface area (Å²) < 4.78 is 2.48. The number of para-hydroxylation sites is 1. The van der Waals surface area contributed by atoms with Crippen molar-refractivity contribution < 1.29 is 0 Å². The van der Waals surface area contributed by atoms with E-state index >= 15 is 0 Å². The van der Waals surface area contributed by atoms with Crippen LogP contribution in [-0.4, -0.2) is 40.6 Å². The van der Waals surface area contributed by atoms with Crippen LogP contribution in [-0.2, 0) is 19.5 Å². The fourth-order valence-corrected chi connectivity index (χ4v) is 4.93. The van der Waals surface area contributed by atoms with Crippen molar-refractivity contribution in [1.29, 1.82) is 0 Å². The zero-order valence-electron chi connectivity index (χ0n) is 20.9. The van der Waals surface area contributed by atoms with Gasteiger partial charge in [0.25, 0.3) is 0 Å². The van der Waals surface area contributed by atoms with Crippen LogP contribution >= 0.6 is 12.4 Å². The zero-order valence-corrected chi connectivity index (χ0v) is 21.7. The quantitative estimate of drug-likeness (QED) is 0.240. The van der Waals surface area contributed by atoms with Crippen LogP contribution in [0.5, 0.6) is 0 Å². The van der Waals surface area contributed by atoms with Crippen molar-refractivity contribution in [3.05, 3.63) is 77.6 Å². The summed E-state index contributed by atoms with van der Waals surface area (Å²) >= 11 is 0. The molecule has 5 heteroatoms. The van der Waals surface area contributed by atoms with Crippen molar-refractivity contribution in [2.24, 2.45) is 0 Å². The average molecular weight is 479 g/mol. The molecule has 0 aliphatic carbocycles. The van der Waals surface area contributed by atoms with E-state index in [2.05, 4.69) is 96.2 Å². The molecule has 0 saturated carbocycles. The molecule has 4 nitrogen and oxygen atoms in total. The molecule has 0 saturated heterocycles. The molecule has 0 aliphatic rings. The lowest BCUT2D eigenvalue weighted by Crippen LogP contribution is -2.27. The third-order valence-electron chi connectivity index (χ3n) is 6.69. The number of benzene rings is 2. The molecule has 2 aromatic carbocycles. The maximum Gasteiger partial charge on any atom is 0.0707 e. The minimum absolute atomic E-state index is 0. The van der Waals surface area contributed by atoms with Gasteiger partial charge in [-0.05, 0) is 70.1 Å². The van der Waals surface area contributed by atoms with E-state index in [1.807, 2.05) is 0 Å². The van der Waals surface area contributed by atoms with Gasteiger partial charge >= 0.3 is 0 Å². The van der Waals surface area contributed by atoms with E-state index in [4.69, 9.17) is 4.98 Å². The third kappa shape index (κ3) is 6.18. The molecule has 182 valence electrons. The van der Waals surface area contributed by atoms with Crippen LogP contribution in [0.2, 0.25) is 0 Å². The van der Waals surface area contributed by atoms with Crippen molar-refractivity contribution in [1.82, 2.24) is 19.8 Å². The first-order valence-corrected chi connectivity index (χ1v) is 12.6. The van der Waals surface area contributed by atoms with E-state index in [-0.39, 0.29) is 12.4 Å². The van der Waals surface area contributed by atoms with Gasteiger partial charge in [-0.2, -0.15) is 0 Å². The number of fused-ring (bicyclic) bond motifs is 3. The molecule has 4 aromatic rings. The lowest BCUT2D eigenvalue weighted by Gasteiger charge is -2.17. The molecule has 0 spiro atoms. The van der Waals surface area contributed by atoms with Crippen LogP contribution in [0, 0.1) is 6.92 Å². The highest BCUT2D eigenvalue weighted by atomic mass is 35.5. The summed E-state index contributed by atoms with van der Waals surface area (Å²) in [7, 11) is 0. The molecule has 0 radical (unpaired) electrons. The molecular weight excluding hydrogens is 440 g/mol. The fourth-order valence-electron chi connectivity index (χ4n) is 4.93. The molecule has 0 bridgehead atoms. The van der Waals surface area contributed by atoms with Crippen LogP contribution in [0.4, 0.5) is 0 Å². The van der Waals surface area contributed by atoms with E-state index in [0.717, 1.165) is 63.5 Å². The van der Waals surface area contributed by atoms with Crippen LogP contribution in [0.1, 0.15) is 43.6 Å². The van der Waals surface area contributed by atoms with Gasteiger partial charge in [0, 0.05) is 29.4 Å². The van der Waals surface area contributed by atoms with E-state index in [0.29, 0.717) is 0 Å². The number of aromatic nitrogens is 2. The van der Waals surface area contributed by atoms with E-state index in [1.54, 1.807) is 0 Å². The van der Waals surface area contributed by atoms with Crippen LogP contribution in [0.25, 0.3) is 21.8 Å². The van der Waals surface area contributed by atoms with Crippen molar-refractivity contribution in [3.63, 3.8) is 0 Å². The molecule has 0 aliphatic heterocycles. The van der Waals surface area contributed by atoms with Gasteiger partial charge in [0.15, 0.2) is 0 Å². The second-order valence-corrected chi connectivity index (χ2v) is 8.91. The Bertz CT molecular complexity index is 1170. The summed E-state index contributed by atoms with van der Waals surface area (Å²) in [5.41, 5.74) is 6.27. The summed E-state index contributed by atoms with van der Waals surface area (Å²) in [4.78, 5) is 7.47. The molecule has 1 N–H and O–H groups in total. The monoisotopic (exact) mass is 478 g/mol. The van der Waals surface area contributed by atoms with Crippen molar-refractivity contribution in [2.45, 2.75) is 53.1 Å². The maximum atomic E-state index is 4.99. The van der Waals surface area contributed by atoms with Gasteiger partial charge in [0.2, 0.25) is 0 Å². The zero-order chi connectivity index (χ0) is 23.0. The summed E-state index contributed by atoms with van der Waals surface area (Å²) in [5.74, 6) is 0. The predicted octanol–water partition coefficient (Wildman–Crippen LogP) is 6.37. The second kappa shape index (κ2) is 12.9. The Labute approximate surface area is 210 Å². The van der Waals surface area contributed by atoms with Crippen LogP contribution in [0.3, 0.4) is 0 Å². The molecule has 0 fully saturated rings. The van der Waals surface area contributed by atoms with Gasteiger partial charge in [-0.25, -0.2) is 0 Å². The Morgan fingerprint density at radius 2 is 1.65 bits per heavy atom. The maximum absolute atomic E-state index is 4.99. The van der Waals surface area contributed by atoms with Gasteiger partial charge < -0.3 is 14.8 Å². The summed E-state index contributed by atoms with van der Waals surface area (Å²) in [5, 5.41) is 6.27. The molecular formula is C29H39ClN4. The topological polar surface area (TPSA) is 33.1 Å². The second-order valence-electron chi connectivity index (χ2n) is 8.91. The molecule has 0 atom stereocenters. The minimum atomic E-state index is 0. The number of nitrogens with one attached hydrogen (secondary N) is 1. The molecule has 34 heavy (non-hydrogen) atoms. The highest BCUT2D eigenvalue weighted by molar-refractivity contribution is 6.08. The van der Waals surface area contributed by atoms with Gasteiger partial charge in [-0.15, -0.1) is 12.4 Å². The Morgan fingerprint density at radius 3 is 2.41 bits per heavy atom. The number of pyridine rings is 1. The Kier molecular flexibility index (Phi) is 9.94. The number of rotatable bonds is 12. The first-order chi connectivity index (χ1) is 16.2. The van der Waals surface area contributed by atoms with Gasteiger partial charge in [-0.1, -0.05) is 62.4 Å². The third-order valence-corrected chi connectivity index (χ3v) is 6.69. The molecule has 4 rings (SSSR count). The molecule has 0 amide bonds. The smallest absolute Gasteiger partial charge is 0.0707 e. The summed E-state index contributed by atoms with van der Waals surface area (Å²) in [6.45, 7) is 12.9. The van der Waals surface area contributed by atoms with E-state index in [1.165, 1.54) is 33.8 Å². The average Bonchev–Trinajstić information content (AvgIpc) is 3.16. The minimum Gasteiger partial charge on any atom is -0.339 e. The fraction of sp³-hybridized carbons (Fsp3) is 0.414. The summed E-state index contributed by atoms with van der Waals surface area (Å²) in [6.07, 6.45) is 3.38.